The van der Waals surface area contributed by atoms with Gasteiger partial charge >= 0.3 is 0 Å². The zero-order valence-corrected chi connectivity index (χ0v) is 11.8. The van der Waals surface area contributed by atoms with Crippen LogP contribution >= 0.6 is 0 Å². The minimum absolute atomic E-state index is 0.489. The van der Waals surface area contributed by atoms with E-state index in [0.29, 0.717) is 5.41 Å². The highest BCUT2D eigenvalue weighted by Gasteiger charge is 2.43. The van der Waals surface area contributed by atoms with E-state index in [1.165, 1.54) is 37.7 Å². The first-order valence-corrected chi connectivity index (χ1v) is 6.94. The lowest BCUT2D eigenvalue weighted by atomic mass is 9.65. The lowest BCUT2D eigenvalue weighted by Gasteiger charge is -2.40. The zero-order valence-electron chi connectivity index (χ0n) is 11.8. The number of allylic oxidation sites excluding steroid dienone is 3. The van der Waals surface area contributed by atoms with Crippen LogP contribution in [0.5, 0.6) is 0 Å². The van der Waals surface area contributed by atoms with Crippen LogP contribution in [-0.2, 0) is 4.74 Å². The third-order valence-corrected chi connectivity index (χ3v) is 5.15. The van der Waals surface area contributed by atoms with Crippen LogP contribution in [0.25, 0.3) is 0 Å². The summed E-state index contributed by atoms with van der Waals surface area (Å²) in [6.45, 7) is 7.85. The third-order valence-electron chi connectivity index (χ3n) is 5.15. The van der Waals surface area contributed by atoms with E-state index < -0.39 is 0 Å². The molecule has 0 saturated heterocycles. The van der Waals surface area contributed by atoms with Crippen molar-refractivity contribution in [1.82, 2.24) is 0 Å². The molecule has 2 atom stereocenters. The number of hydrogen-bond donors (Lipinski definition) is 0. The highest BCUT2D eigenvalue weighted by molar-refractivity contribution is 5.29. The Balaban J connectivity index is 2.23. The van der Waals surface area contributed by atoms with Crippen LogP contribution in [0.15, 0.2) is 22.8 Å². The highest BCUT2D eigenvalue weighted by atomic mass is 16.5. The molecule has 17 heavy (non-hydrogen) atoms. The predicted molar refractivity (Wildman–Crippen MR) is 73.0 cm³/mol. The summed E-state index contributed by atoms with van der Waals surface area (Å²) in [4.78, 5) is 0. The Kier molecular flexibility index (Phi) is 3.77. The second kappa shape index (κ2) is 4.97. The Morgan fingerprint density at radius 3 is 2.94 bits per heavy atom. The van der Waals surface area contributed by atoms with Crippen molar-refractivity contribution in [3.8, 4) is 0 Å². The van der Waals surface area contributed by atoms with Gasteiger partial charge in [0.05, 0.1) is 6.61 Å². The molecule has 1 heteroatoms. The molecule has 0 amide bonds. The van der Waals surface area contributed by atoms with Gasteiger partial charge in [-0.2, -0.15) is 0 Å². The molecule has 1 fully saturated rings. The Morgan fingerprint density at radius 2 is 2.29 bits per heavy atom. The van der Waals surface area contributed by atoms with Crippen molar-refractivity contribution >= 4 is 0 Å². The summed E-state index contributed by atoms with van der Waals surface area (Å²) in [6.07, 6.45) is 9.05. The number of ether oxygens (including phenoxy) is 1. The topological polar surface area (TPSA) is 9.23 Å². The van der Waals surface area contributed by atoms with Gasteiger partial charge in [-0.25, -0.2) is 0 Å². The largest absolute Gasteiger partial charge is 0.380 e. The van der Waals surface area contributed by atoms with Crippen LogP contribution in [0.3, 0.4) is 0 Å². The first kappa shape index (κ1) is 12.9. The molecule has 1 saturated carbocycles. The molecule has 0 N–H and O–H groups in total. The number of rotatable bonds is 2. The van der Waals surface area contributed by atoms with E-state index in [4.69, 9.17) is 4.74 Å². The third kappa shape index (κ3) is 2.22. The standard InChI is InChI=1S/C16H26O/c1-12(11-17-4)15-8-9-16(10-15)13(2)6-5-7-14(16)3/h6,14H,5,7-11H2,1-4H3/b15-12-/t14?,16-/m1/s1. The Labute approximate surface area is 106 Å². The van der Waals surface area contributed by atoms with Crippen LogP contribution in [0.4, 0.5) is 0 Å². The molecule has 2 aliphatic rings. The van der Waals surface area contributed by atoms with Crippen molar-refractivity contribution in [3.63, 3.8) is 0 Å². The van der Waals surface area contributed by atoms with Gasteiger partial charge in [0, 0.05) is 7.11 Å². The first-order chi connectivity index (χ1) is 8.10. The van der Waals surface area contributed by atoms with E-state index in [-0.39, 0.29) is 0 Å². The second-order valence-corrected chi connectivity index (χ2v) is 6.02. The summed E-state index contributed by atoms with van der Waals surface area (Å²) < 4.78 is 5.27. The van der Waals surface area contributed by atoms with Gasteiger partial charge in [0.25, 0.3) is 0 Å². The molecule has 1 spiro atoms. The fourth-order valence-electron chi connectivity index (χ4n) is 3.79. The van der Waals surface area contributed by atoms with Gasteiger partial charge in [0.15, 0.2) is 0 Å². The average molecular weight is 234 g/mol. The van der Waals surface area contributed by atoms with Gasteiger partial charge in [-0.1, -0.05) is 24.1 Å². The van der Waals surface area contributed by atoms with E-state index in [0.717, 1.165) is 12.5 Å². The van der Waals surface area contributed by atoms with E-state index >= 15 is 0 Å². The van der Waals surface area contributed by atoms with Gasteiger partial charge in [0.1, 0.15) is 0 Å². The molecule has 1 nitrogen and oxygen atoms in total. The fourth-order valence-corrected chi connectivity index (χ4v) is 3.79. The molecule has 0 aromatic carbocycles. The molecule has 0 aromatic heterocycles. The Morgan fingerprint density at radius 1 is 1.53 bits per heavy atom. The fraction of sp³-hybridized carbons (Fsp3) is 0.750. The van der Waals surface area contributed by atoms with E-state index in [1.807, 2.05) is 0 Å². The van der Waals surface area contributed by atoms with Crippen LogP contribution in [0.2, 0.25) is 0 Å². The number of methoxy groups -OCH3 is 1. The lowest BCUT2D eigenvalue weighted by molar-refractivity contribution is 0.211. The quantitative estimate of drug-likeness (QED) is 0.639. The normalized spacial score (nSPS) is 36.2. The Bertz CT molecular complexity index is 351. The van der Waals surface area contributed by atoms with Crippen molar-refractivity contribution in [1.29, 1.82) is 0 Å². The zero-order chi connectivity index (χ0) is 12.5. The summed E-state index contributed by atoms with van der Waals surface area (Å²) in [7, 11) is 1.79. The van der Waals surface area contributed by atoms with Gasteiger partial charge in [-0.3, -0.25) is 0 Å². The molecule has 1 unspecified atom stereocenters. The van der Waals surface area contributed by atoms with Gasteiger partial charge < -0.3 is 4.74 Å². The smallest absolute Gasteiger partial charge is 0.0672 e. The maximum Gasteiger partial charge on any atom is 0.0672 e. The predicted octanol–water partition coefficient (Wildman–Crippen LogP) is 4.50. The van der Waals surface area contributed by atoms with Crippen molar-refractivity contribution in [2.75, 3.05) is 13.7 Å². The summed E-state index contributed by atoms with van der Waals surface area (Å²) in [5, 5.41) is 0. The lowest BCUT2D eigenvalue weighted by Crippen LogP contribution is -2.29. The van der Waals surface area contributed by atoms with Crippen LogP contribution in [0, 0.1) is 11.3 Å². The molecule has 0 aliphatic heterocycles. The van der Waals surface area contributed by atoms with Crippen LogP contribution in [-0.4, -0.2) is 13.7 Å². The van der Waals surface area contributed by atoms with Crippen molar-refractivity contribution in [2.45, 2.75) is 52.9 Å². The summed E-state index contributed by atoms with van der Waals surface area (Å²) >= 11 is 0. The molecule has 96 valence electrons. The van der Waals surface area contributed by atoms with Crippen molar-refractivity contribution in [2.24, 2.45) is 11.3 Å². The molecule has 0 bridgehead atoms. The SMILES string of the molecule is COC/C(C)=C1/CC[C@@]2(C1)C(C)=CCCC2C. The minimum atomic E-state index is 0.489. The van der Waals surface area contributed by atoms with Crippen molar-refractivity contribution < 1.29 is 4.74 Å². The monoisotopic (exact) mass is 234 g/mol. The van der Waals surface area contributed by atoms with Gasteiger partial charge in [0.2, 0.25) is 0 Å². The van der Waals surface area contributed by atoms with Gasteiger partial charge in [-0.15, -0.1) is 0 Å². The minimum Gasteiger partial charge on any atom is -0.380 e. The van der Waals surface area contributed by atoms with Crippen LogP contribution < -0.4 is 0 Å². The second-order valence-electron chi connectivity index (χ2n) is 6.02. The number of hydrogen-bond acceptors (Lipinski definition) is 1. The Hall–Kier alpha value is -0.560. The molecule has 2 aliphatic carbocycles. The summed E-state index contributed by atoms with van der Waals surface area (Å²) in [5.74, 6) is 0.848. The average Bonchev–Trinajstić information content (AvgIpc) is 2.73. The molecule has 0 radical (unpaired) electrons. The van der Waals surface area contributed by atoms with Crippen molar-refractivity contribution in [3.05, 3.63) is 22.8 Å². The van der Waals surface area contributed by atoms with Gasteiger partial charge in [-0.05, 0) is 62.9 Å². The molecule has 2 rings (SSSR count). The summed E-state index contributed by atoms with van der Waals surface area (Å²) in [5.41, 5.74) is 5.27. The molecule has 0 heterocycles. The molecular weight excluding hydrogens is 208 g/mol. The maximum absolute atomic E-state index is 5.27. The van der Waals surface area contributed by atoms with E-state index in [1.54, 1.807) is 18.3 Å². The first-order valence-electron chi connectivity index (χ1n) is 6.94. The highest BCUT2D eigenvalue weighted by Crippen LogP contribution is 2.55. The molecule has 0 aromatic rings. The van der Waals surface area contributed by atoms with E-state index in [2.05, 4.69) is 26.8 Å². The summed E-state index contributed by atoms with van der Waals surface area (Å²) in [6, 6.07) is 0. The molecular formula is C16H26O. The van der Waals surface area contributed by atoms with E-state index in [9.17, 15) is 0 Å². The maximum atomic E-state index is 5.27. The van der Waals surface area contributed by atoms with Crippen LogP contribution in [0.1, 0.15) is 52.9 Å².